The van der Waals surface area contributed by atoms with Gasteiger partial charge in [0.05, 0.1) is 6.61 Å². The van der Waals surface area contributed by atoms with Crippen molar-refractivity contribution in [1.29, 1.82) is 0 Å². The fourth-order valence-electron chi connectivity index (χ4n) is 3.66. The van der Waals surface area contributed by atoms with E-state index in [-0.39, 0.29) is 24.7 Å². The summed E-state index contributed by atoms with van der Waals surface area (Å²) in [5.74, 6) is 1.66. The Kier molecular flexibility index (Phi) is 5.81. The minimum absolute atomic E-state index is 0.0995. The molecule has 1 N–H and O–H groups in total. The van der Waals surface area contributed by atoms with Gasteiger partial charge in [-0.25, -0.2) is 0 Å². The second-order valence-corrected chi connectivity index (χ2v) is 7.01. The van der Waals surface area contributed by atoms with Crippen molar-refractivity contribution in [2.24, 2.45) is 5.41 Å². The minimum atomic E-state index is -0.220. The van der Waals surface area contributed by atoms with Crippen molar-refractivity contribution in [3.63, 3.8) is 0 Å². The molecule has 1 atom stereocenters. The van der Waals surface area contributed by atoms with Crippen LogP contribution >= 0.6 is 0 Å². The lowest BCUT2D eigenvalue weighted by molar-refractivity contribution is -0.136. The Bertz CT molecular complexity index is 605. The molecule has 2 heterocycles. The number of benzene rings is 1. The van der Waals surface area contributed by atoms with Gasteiger partial charge in [0.15, 0.2) is 11.5 Å². The standard InChI is InChI=1S/C19H27NO5/c1-23-10-8-19(13-21)7-2-9-20(12-19)18(22)6-4-15-3-5-16-17(11-15)25-14-24-16/h3,5,11,21H,2,4,6-10,12-14H2,1H3. The van der Waals surface area contributed by atoms with Gasteiger partial charge < -0.3 is 24.2 Å². The summed E-state index contributed by atoms with van der Waals surface area (Å²) in [6.45, 7) is 2.36. The normalized spacial score (nSPS) is 22.2. The van der Waals surface area contributed by atoms with Crippen molar-refractivity contribution in [3.05, 3.63) is 23.8 Å². The lowest BCUT2D eigenvalue weighted by Gasteiger charge is -2.42. The summed E-state index contributed by atoms with van der Waals surface area (Å²) >= 11 is 0. The summed E-state index contributed by atoms with van der Waals surface area (Å²) in [5, 5.41) is 9.85. The Hall–Kier alpha value is -1.79. The number of ether oxygens (including phenoxy) is 3. The maximum atomic E-state index is 12.6. The molecule has 1 saturated heterocycles. The van der Waals surface area contributed by atoms with E-state index in [2.05, 4.69) is 0 Å². The van der Waals surface area contributed by atoms with Crippen LogP contribution in [0.1, 0.15) is 31.2 Å². The molecule has 0 radical (unpaired) electrons. The molecule has 25 heavy (non-hydrogen) atoms. The van der Waals surface area contributed by atoms with Gasteiger partial charge in [-0.15, -0.1) is 0 Å². The van der Waals surface area contributed by atoms with Gasteiger partial charge in [-0.1, -0.05) is 6.07 Å². The highest BCUT2D eigenvalue weighted by Gasteiger charge is 2.36. The minimum Gasteiger partial charge on any atom is -0.454 e. The fraction of sp³-hybridized carbons (Fsp3) is 0.632. The Morgan fingerprint density at radius 2 is 2.20 bits per heavy atom. The van der Waals surface area contributed by atoms with Gasteiger partial charge in [-0.2, -0.15) is 0 Å². The van der Waals surface area contributed by atoms with Gasteiger partial charge in [-0.05, 0) is 43.4 Å². The van der Waals surface area contributed by atoms with Crippen LogP contribution < -0.4 is 9.47 Å². The summed E-state index contributed by atoms with van der Waals surface area (Å²) in [4.78, 5) is 14.5. The molecule has 0 bridgehead atoms. The average Bonchev–Trinajstić information content (AvgIpc) is 3.12. The third-order valence-corrected chi connectivity index (χ3v) is 5.25. The van der Waals surface area contributed by atoms with Crippen molar-refractivity contribution in [3.8, 4) is 11.5 Å². The predicted octanol–water partition coefficient (Wildman–Crippen LogP) is 1.99. The predicted molar refractivity (Wildman–Crippen MR) is 92.7 cm³/mol. The molecule has 1 fully saturated rings. The molecule has 0 spiro atoms. The van der Waals surface area contributed by atoms with Gasteiger partial charge in [0.2, 0.25) is 12.7 Å². The van der Waals surface area contributed by atoms with Crippen LogP contribution in [0, 0.1) is 5.41 Å². The third-order valence-electron chi connectivity index (χ3n) is 5.25. The summed E-state index contributed by atoms with van der Waals surface area (Å²) in [6, 6.07) is 5.82. The van der Waals surface area contributed by atoms with E-state index < -0.39 is 0 Å². The Morgan fingerprint density at radius 3 is 3.00 bits per heavy atom. The number of carbonyl (C=O) groups is 1. The van der Waals surface area contributed by atoms with Crippen LogP contribution in [-0.2, 0) is 16.0 Å². The van der Waals surface area contributed by atoms with Gasteiger partial charge in [0.25, 0.3) is 0 Å². The molecule has 6 nitrogen and oxygen atoms in total. The summed E-state index contributed by atoms with van der Waals surface area (Å²) in [7, 11) is 1.67. The lowest BCUT2D eigenvalue weighted by Crippen LogP contribution is -2.48. The van der Waals surface area contributed by atoms with Gasteiger partial charge >= 0.3 is 0 Å². The number of carbonyl (C=O) groups excluding carboxylic acids is 1. The highest BCUT2D eigenvalue weighted by atomic mass is 16.7. The molecule has 2 aliphatic heterocycles. The SMILES string of the molecule is COCCC1(CO)CCCN(C(=O)CCc2ccc3c(c2)OCO3)C1. The van der Waals surface area contributed by atoms with Crippen LogP contribution in [0.15, 0.2) is 18.2 Å². The van der Waals surface area contributed by atoms with Crippen molar-refractivity contribution >= 4 is 5.91 Å². The van der Waals surface area contributed by atoms with Crippen LogP contribution in [0.25, 0.3) is 0 Å². The van der Waals surface area contributed by atoms with Crippen molar-refractivity contribution < 1.29 is 24.1 Å². The first-order chi connectivity index (χ1) is 12.2. The van der Waals surface area contributed by atoms with E-state index in [1.54, 1.807) is 7.11 Å². The maximum Gasteiger partial charge on any atom is 0.231 e. The van der Waals surface area contributed by atoms with E-state index in [0.717, 1.165) is 42.9 Å². The summed E-state index contributed by atoms with van der Waals surface area (Å²) < 4.78 is 15.9. The average molecular weight is 349 g/mol. The number of hydrogen-bond acceptors (Lipinski definition) is 5. The van der Waals surface area contributed by atoms with Gasteiger partial charge in [0, 0.05) is 38.6 Å². The second kappa shape index (κ2) is 8.06. The zero-order valence-corrected chi connectivity index (χ0v) is 14.8. The second-order valence-electron chi connectivity index (χ2n) is 7.01. The van der Waals surface area contributed by atoms with Crippen molar-refractivity contribution in [2.75, 3.05) is 40.2 Å². The maximum absolute atomic E-state index is 12.6. The monoisotopic (exact) mass is 349 g/mol. The van der Waals surface area contributed by atoms with Crippen LogP contribution in [0.5, 0.6) is 11.5 Å². The molecule has 2 aliphatic rings. The Morgan fingerprint density at radius 1 is 1.36 bits per heavy atom. The number of likely N-dealkylation sites (tertiary alicyclic amines) is 1. The number of hydrogen-bond donors (Lipinski definition) is 1. The molecule has 0 aliphatic carbocycles. The zero-order chi connectivity index (χ0) is 17.7. The quantitative estimate of drug-likeness (QED) is 0.815. The first-order valence-electron chi connectivity index (χ1n) is 8.92. The molecule has 1 unspecified atom stereocenters. The van der Waals surface area contributed by atoms with Crippen molar-refractivity contribution in [2.45, 2.75) is 32.1 Å². The van der Waals surface area contributed by atoms with E-state index in [0.29, 0.717) is 26.0 Å². The van der Waals surface area contributed by atoms with E-state index >= 15 is 0 Å². The molecule has 1 aromatic carbocycles. The fourth-order valence-corrected chi connectivity index (χ4v) is 3.66. The molecule has 3 rings (SSSR count). The zero-order valence-electron chi connectivity index (χ0n) is 14.8. The molecule has 1 aromatic rings. The molecule has 1 amide bonds. The number of rotatable bonds is 7. The van der Waals surface area contributed by atoms with Crippen LogP contribution in [0.3, 0.4) is 0 Å². The topological polar surface area (TPSA) is 68.2 Å². The summed E-state index contributed by atoms with van der Waals surface area (Å²) in [6.07, 6.45) is 3.80. The first-order valence-corrected chi connectivity index (χ1v) is 8.92. The first kappa shape index (κ1) is 18.0. The smallest absolute Gasteiger partial charge is 0.231 e. The highest BCUT2D eigenvalue weighted by molar-refractivity contribution is 5.76. The summed E-state index contributed by atoms with van der Waals surface area (Å²) in [5.41, 5.74) is 0.852. The van der Waals surface area contributed by atoms with E-state index in [1.807, 2.05) is 23.1 Å². The molecule has 138 valence electrons. The van der Waals surface area contributed by atoms with E-state index in [4.69, 9.17) is 14.2 Å². The van der Waals surface area contributed by atoms with E-state index in [9.17, 15) is 9.90 Å². The molecule has 0 aromatic heterocycles. The molecule has 0 saturated carbocycles. The largest absolute Gasteiger partial charge is 0.454 e. The third kappa shape index (κ3) is 4.25. The number of piperidine rings is 1. The van der Waals surface area contributed by atoms with Crippen LogP contribution in [-0.4, -0.2) is 56.1 Å². The molecular formula is C19H27NO5. The van der Waals surface area contributed by atoms with Crippen molar-refractivity contribution in [1.82, 2.24) is 4.90 Å². The Balaban J connectivity index is 1.55. The number of nitrogens with zero attached hydrogens (tertiary/aromatic N) is 1. The van der Waals surface area contributed by atoms with Crippen LogP contribution in [0.2, 0.25) is 0 Å². The number of methoxy groups -OCH3 is 1. The number of aliphatic hydroxyl groups excluding tert-OH is 1. The molecule has 6 heteroatoms. The van der Waals surface area contributed by atoms with Crippen LogP contribution in [0.4, 0.5) is 0 Å². The Labute approximate surface area is 148 Å². The highest BCUT2D eigenvalue weighted by Crippen LogP contribution is 2.34. The number of fused-ring (bicyclic) bond motifs is 1. The molecular weight excluding hydrogens is 322 g/mol. The lowest BCUT2D eigenvalue weighted by atomic mass is 9.78. The number of aliphatic hydroxyl groups is 1. The van der Waals surface area contributed by atoms with Gasteiger partial charge in [-0.3, -0.25) is 4.79 Å². The number of amides is 1. The number of aryl methyl sites for hydroxylation is 1. The van der Waals surface area contributed by atoms with Gasteiger partial charge in [0.1, 0.15) is 0 Å². The van der Waals surface area contributed by atoms with E-state index in [1.165, 1.54) is 0 Å².